The van der Waals surface area contributed by atoms with E-state index in [2.05, 4.69) is 11.7 Å². The molecule has 0 fully saturated rings. The zero-order valence-corrected chi connectivity index (χ0v) is 5.26. The molecule has 0 atom stereocenters. The molecule has 0 aromatic carbocycles. The number of hydrogen-bond acceptors (Lipinski definition) is 2. The molecule has 0 aliphatic carbocycles. The van der Waals surface area contributed by atoms with E-state index in [1.807, 2.05) is 13.8 Å². The van der Waals surface area contributed by atoms with E-state index in [0.29, 0.717) is 5.71 Å². The summed E-state index contributed by atoms with van der Waals surface area (Å²) in [5.41, 5.74) is 0.630. The van der Waals surface area contributed by atoms with Crippen molar-refractivity contribution in [2.45, 2.75) is 13.8 Å². The van der Waals surface area contributed by atoms with Crippen molar-refractivity contribution in [3.05, 3.63) is 12.7 Å². The maximum atomic E-state index is 8.21. The van der Waals surface area contributed by atoms with Gasteiger partial charge in [0.2, 0.25) is 0 Å². The van der Waals surface area contributed by atoms with Crippen molar-refractivity contribution in [2.75, 3.05) is 0 Å². The van der Waals surface area contributed by atoms with E-state index in [4.69, 9.17) is 5.21 Å². The van der Waals surface area contributed by atoms with Crippen molar-refractivity contribution in [1.82, 2.24) is 0 Å². The highest BCUT2D eigenvalue weighted by Crippen LogP contribution is 1.95. The Balaban J connectivity index is 3.91. The minimum atomic E-state index is 0.262. The molecule has 46 valence electrons. The summed E-state index contributed by atoms with van der Waals surface area (Å²) in [7, 11) is 0. The Morgan fingerprint density at radius 1 is 1.75 bits per heavy atom. The topological polar surface area (TPSA) is 32.6 Å². The second kappa shape index (κ2) is 3.24. The predicted octanol–water partition coefficient (Wildman–Crippen LogP) is 1.66. The second-order valence-corrected chi connectivity index (χ2v) is 1.88. The van der Waals surface area contributed by atoms with Crippen molar-refractivity contribution in [3.63, 3.8) is 0 Å². The molecule has 8 heavy (non-hydrogen) atoms. The summed E-state index contributed by atoms with van der Waals surface area (Å²) in [6, 6.07) is 0. The van der Waals surface area contributed by atoms with Gasteiger partial charge in [0, 0.05) is 0 Å². The molecule has 0 saturated carbocycles. The molecule has 0 saturated heterocycles. The van der Waals surface area contributed by atoms with Crippen molar-refractivity contribution in [2.24, 2.45) is 11.1 Å². The van der Waals surface area contributed by atoms with Crippen molar-refractivity contribution < 1.29 is 5.21 Å². The first-order valence-electron chi connectivity index (χ1n) is 2.56. The highest BCUT2D eigenvalue weighted by atomic mass is 16.4. The van der Waals surface area contributed by atoms with Gasteiger partial charge in [0.1, 0.15) is 0 Å². The lowest BCUT2D eigenvalue weighted by atomic mass is 10.1. The SMILES string of the molecule is C=C/C(=N\O)C(C)C. The smallest absolute Gasteiger partial charge is 0.0815 e. The first-order chi connectivity index (χ1) is 3.72. The molecule has 0 aromatic rings. The minimum absolute atomic E-state index is 0.262. The summed E-state index contributed by atoms with van der Waals surface area (Å²) >= 11 is 0. The predicted molar refractivity (Wildman–Crippen MR) is 34.3 cm³/mol. The highest BCUT2D eigenvalue weighted by molar-refractivity contribution is 5.95. The maximum Gasteiger partial charge on any atom is 0.0815 e. The van der Waals surface area contributed by atoms with Gasteiger partial charge in [-0.1, -0.05) is 25.6 Å². The fourth-order valence-electron chi connectivity index (χ4n) is 0.392. The minimum Gasteiger partial charge on any atom is -0.411 e. The molecule has 0 bridgehead atoms. The summed E-state index contributed by atoms with van der Waals surface area (Å²) in [6.45, 7) is 7.34. The molecule has 0 amide bonds. The Morgan fingerprint density at radius 3 is 2.25 bits per heavy atom. The lowest BCUT2D eigenvalue weighted by molar-refractivity contribution is 0.316. The fourth-order valence-corrected chi connectivity index (χ4v) is 0.392. The highest BCUT2D eigenvalue weighted by Gasteiger charge is 1.97. The first kappa shape index (κ1) is 7.21. The monoisotopic (exact) mass is 113 g/mol. The van der Waals surface area contributed by atoms with Gasteiger partial charge in [0.25, 0.3) is 0 Å². The number of rotatable bonds is 2. The molecule has 0 unspecified atom stereocenters. The zero-order chi connectivity index (χ0) is 6.57. The summed E-state index contributed by atoms with van der Waals surface area (Å²) in [5, 5.41) is 11.2. The van der Waals surface area contributed by atoms with Gasteiger partial charge < -0.3 is 5.21 Å². The van der Waals surface area contributed by atoms with Crippen LogP contribution in [0.15, 0.2) is 17.8 Å². The lowest BCUT2D eigenvalue weighted by Gasteiger charge is -1.98. The summed E-state index contributed by atoms with van der Waals surface area (Å²) < 4.78 is 0. The third kappa shape index (κ3) is 1.78. The van der Waals surface area contributed by atoms with Gasteiger partial charge in [-0.25, -0.2) is 0 Å². The third-order valence-electron chi connectivity index (χ3n) is 0.916. The largest absolute Gasteiger partial charge is 0.411 e. The standard InChI is InChI=1S/C6H11NO/c1-4-6(7-8)5(2)3/h4-5,8H,1H2,2-3H3/b7-6+. The van der Waals surface area contributed by atoms with E-state index in [-0.39, 0.29) is 5.92 Å². The van der Waals surface area contributed by atoms with Gasteiger partial charge in [0.05, 0.1) is 5.71 Å². The van der Waals surface area contributed by atoms with Crippen molar-refractivity contribution >= 4 is 5.71 Å². The molecular formula is C6H11NO. The molecule has 0 rings (SSSR count). The molecule has 0 aromatic heterocycles. The Morgan fingerprint density at radius 2 is 2.25 bits per heavy atom. The van der Waals surface area contributed by atoms with E-state index < -0.39 is 0 Å². The first-order valence-corrected chi connectivity index (χ1v) is 2.56. The number of nitrogens with zero attached hydrogens (tertiary/aromatic N) is 1. The molecule has 0 spiro atoms. The number of oxime groups is 1. The van der Waals surface area contributed by atoms with Crippen LogP contribution in [0.2, 0.25) is 0 Å². The quantitative estimate of drug-likeness (QED) is 0.329. The van der Waals surface area contributed by atoms with Gasteiger partial charge in [0.15, 0.2) is 0 Å². The molecule has 1 N–H and O–H groups in total. The van der Waals surface area contributed by atoms with Crippen LogP contribution in [0.25, 0.3) is 0 Å². The van der Waals surface area contributed by atoms with Crippen LogP contribution in [0.5, 0.6) is 0 Å². The normalized spacial score (nSPS) is 12.1. The summed E-state index contributed by atoms with van der Waals surface area (Å²) in [6.07, 6.45) is 1.55. The maximum absolute atomic E-state index is 8.21. The molecule has 0 aliphatic heterocycles. The molecule has 0 heterocycles. The van der Waals surface area contributed by atoms with Gasteiger partial charge in [-0.05, 0) is 12.0 Å². The summed E-state index contributed by atoms with van der Waals surface area (Å²) in [5.74, 6) is 0.262. The van der Waals surface area contributed by atoms with Gasteiger partial charge in [-0.2, -0.15) is 0 Å². The van der Waals surface area contributed by atoms with E-state index in [0.717, 1.165) is 0 Å². The number of allylic oxidation sites excluding steroid dienone is 1. The van der Waals surface area contributed by atoms with E-state index >= 15 is 0 Å². The average Bonchev–Trinajstić information content (AvgIpc) is 1.69. The molecule has 0 radical (unpaired) electrons. The third-order valence-corrected chi connectivity index (χ3v) is 0.916. The number of hydrogen-bond donors (Lipinski definition) is 1. The van der Waals surface area contributed by atoms with Gasteiger partial charge in [-0.3, -0.25) is 0 Å². The Bertz CT molecular complexity index is 105. The van der Waals surface area contributed by atoms with Crippen LogP contribution in [-0.2, 0) is 0 Å². The van der Waals surface area contributed by atoms with Gasteiger partial charge >= 0.3 is 0 Å². The van der Waals surface area contributed by atoms with Crippen LogP contribution in [0.3, 0.4) is 0 Å². The van der Waals surface area contributed by atoms with Crippen LogP contribution in [0, 0.1) is 5.92 Å². The zero-order valence-electron chi connectivity index (χ0n) is 5.26. The Labute approximate surface area is 49.5 Å². The van der Waals surface area contributed by atoms with Crippen molar-refractivity contribution in [1.29, 1.82) is 0 Å². The van der Waals surface area contributed by atoms with E-state index in [9.17, 15) is 0 Å². The van der Waals surface area contributed by atoms with Gasteiger partial charge in [-0.15, -0.1) is 0 Å². The molecule has 2 heteroatoms. The molecular weight excluding hydrogens is 102 g/mol. The Hall–Kier alpha value is -0.790. The Kier molecular flexibility index (Phi) is 2.92. The van der Waals surface area contributed by atoms with E-state index in [1.165, 1.54) is 0 Å². The van der Waals surface area contributed by atoms with Crippen LogP contribution in [0.1, 0.15) is 13.8 Å². The average molecular weight is 113 g/mol. The summed E-state index contributed by atoms with van der Waals surface area (Å²) in [4.78, 5) is 0. The van der Waals surface area contributed by atoms with Crippen LogP contribution in [0.4, 0.5) is 0 Å². The second-order valence-electron chi connectivity index (χ2n) is 1.88. The van der Waals surface area contributed by atoms with Crippen LogP contribution >= 0.6 is 0 Å². The molecule has 2 nitrogen and oxygen atoms in total. The van der Waals surface area contributed by atoms with Crippen molar-refractivity contribution in [3.8, 4) is 0 Å². The van der Waals surface area contributed by atoms with E-state index in [1.54, 1.807) is 6.08 Å². The molecule has 0 aliphatic rings. The van der Waals surface area contributed by atoms with Crippen LogP contribution < -0.4 is 0 Å². The lowest BCUT2D eigenvalue weighted by Crippen LogP contribution is -2.02. The van der Waals surface area contributed by atoms with Crippen LogP contribution in [-0.4, -0.2) is 10.9 Å². The fraction of sp³-hybridized carbons (Fsp3) is 0.500.